The number of quaternary nitrogens is 1. The highest BCUT2D eigenvalue weighted by molar-refractivity contribution is 6.07. The highest BCUT2D eigenvalue weighted by Crippen LogP contribution is 2.36. The molecule has 1 amide bonds. The average Bonchev–Trinajstić information content (AvgIpc) is 2.97. The molecule has 2 heterocycles. The first-order valence-electron chi connectivity index (χ1n) is 9.31. The molecule has 0 spiro atoms. The van der Waals surface area contributed by atoms with Crippen molar-refractivity contribution in [3.63, 3.8) is 0 Å². The van der Waals surface area contributed by atoms with Crippen molar-refractivity contribution in [1.29, 1.82) is 0 Å². The van der Waals surface area contributed by atoms with E-state index in [1.807, 2.05) is 50.2 Å². The second kappa shape index (κ2) is 7.21. The van der Waals surface area contributed by atoms with Crippen LogP contribution >= 0.6 is 0 Å². The monoisotopic (exact) mass is 369 g/mol. The smallest absolute Gasteiger partial charge is 0.279 e. The maximum Gasteiger partial charge on any atom is 0.279 e. The number of amides is 1. The van der Waals surface area contributed by atoms with Crippen LogP contribution in [0.15, 0.2) is 40.8 Å². The number of carbonyl (C=O) groups excluding carboxylic acids is 1. The summed E-state index contributed by atoms with van der Waals surface area (Å²) < 4.78 is 17.2. The Hall–Kier alpha value is -2.57. The van der Waals surface area contributed by atoms with Gasteiger partial charge in [0.2, 0.25) is 0 Å². The predicted octanol–water partition coefficient (Wildman–Crippen LogP) is 2.23. The quantitative estimate of drug-likeness (QED) is 0.740. The van der Waals surface area contributed by atoms with Gasteiger partial charge in [-0.2, -0.15) is 0 Å². The highest BCUT2D eigenvalue weighted by Gasteiger charge is 2.27. The van der Waals surface area contributed by atoms with Gasteiger partial charge in [-0.1, -0.05) is 18.2 Å². The van der Waals surface area contributed by atoms with Crippen molar-refractivity contribution in [2.75, 3.05) is 32.1 Å². The van der Waals surface area contributed by atoms with E-state index >= 15 is 0 Å². The lowest BCUT2D eigenvalue weighted by Gasteiger charge is -2.31. The molecule has 1 aromatic heterocycles. The Morgan fingerprint density at radius 1 is 1.15 bits per heavy atom. The van der Waals surface area contributed by atoms with Gasteiger partial charge in [0.05, 0.1) is 12.8 Å². The Kier molecular flexibility index (Phi) is 4.76. The molecule has 2 aromatic carbocycles. The maximum atomic E-state index is 12.6. The van der Waals surface area contributed by atoms with Gasteiger partial charge in [-0.3, -0.25) is 4.79 Å². The number of fused-ring (bicyclic) bond motifs is 3. The molecule has 1 aliphatic rings. The van der Waals surface area contributed by atoms with Gasteiger partial charge >= 0.3 is 0 Å². The fraction of sp³-hybridized carbons (Fsp3) is 0.381. The number of hydrogen-bond acceptors (Lipinski definition) is 4. The first kappa shape index (κ1) is 17.8. The van der Waals surface area contributed by atoms with Crippen LogP contribution in [0.3, 0.4) is 0 Å². The summed E-state index contributed by atoms with van der Waals surface area (Å²) >= 11 is 0. The van der Waals surface area contributed by atoms with Crippen LogP contribution in [0, 0.1) is 0 Å². The molecule has 0 bridgehead atoms. The van der Waals surface area contributed by atoms with Gasteiger partial charge in [0.25, 0.3) is 5.91 Å². The van der Waals surface area contributed by atoms with E-state index in [4.69, 9.17) is 13.9 Å². The summed E-state index contributed by atoms with van der Waals surface area (Å²) in [6.45, 7) is 6.16. The molecule has 6 nitrogen and oxygen atoms in total. The third kappa shape index (κ3) is 3.63. The van der Waals surface area contributed by atoms with Gasteiger partial charge in [0.15, 0.2) is 6.54 Å². The minimum Gasteiger partial charge on any atom is -0.495 e. The number of carbonyl (C=O) groups is 1. The minimum atomic E-state index is -0.0416. The third-order valence-electron chi connectivity index (χ3n) is 5.00. The highest BCUT2D eigenvalue weighted by atomic mass is 16.5. The molecular weight excluding hydrogens is 344 g/mol. The summed E-state index contributed by atoms with van der Waals surface area (Å²) in [4.78, 5) is 13.8. The van der Waals surface area contributed by atoms with Gasteiger partial charge in [-0.15, -0.1) is 0 Å². The minimum absolute atomic E-state index is 0.0416. The molecule has 1 saturated heterocycles. The zero-order chi connectivity index (χ0) is 19.0. The van der Waals surface area contributed by atoms with Crippen molar-refractivity contribution < 1.29 is 23.6 Å². The van der Waals surface area contributed by atoms with Crippen LogP contribution in [0.1, 0.15) is 13.8 Å². The lowest BCUT2D eigenvalue weighted by atomic mass is 10.1. The topological polar surface area (TPSA) is 65.1 Å². The normalized spacial score (nSPS) is 22.9. The van der Waals surface area contributed by atoms with Crippen LogP contribution < -0.4 is 15.0 Å². The molecule has 6 heteroatoms. The molecule has 2 atom stereocenters. The number of benzene rings is 2. The van der Waals surface area contributed by atoms with E-state index in [1.54, 1.807) is 7.11 Å². The summed E-state index contributed by atoms with van der Waals surface area (Å²) in [5, 5.41) is 5.00. The van der Waals surface area contributed by atoms with Crippen LogP contribution in [0.5, 0.6) is 5.75 Å². The van der Waals surface area contributed by atoms with Crippen LogP contribution in [-0.2, 0) is 9.53 Å². The number of methoxy groups -OCH3 is 1. The summed E-state index contributed by atoms with van der Waals surface area (Å²) in [5.74, 6) is 0.584. The van der Waals surface area contributed by atoms with Crippen molar-refractivity contribution in [2.24, 2.45) is 0 Å². The Morgan fingerprint density at radius 2 is 1.89 bits per heavy atom. The lowest BCUT2D eigenvalue weighted by molar-refractivity contribution is -0.907. The number of ether oxygens (including phenoxy) is 2. The van der Waals surface area contributed by atoms with Crippen LogP contribution in [0.4, 0.5) is 5.69 Å². The van der Waals surface area contributed by atoms with E-state index in [9.17, 15) is 4.79 Å². The van der Waals surface area contributed by atoms with Crippen LogP contribution in [0.2, 0.25) is 0 Å². The summed E-state index contributed by atoms with van der Waals surface area (Å²) in [6.07, 6.45) is 0.330. The molecule has 142 valence electrons. The predicted molar refractivity (Wildman–Crippen MR) is 104 cm³/mol. The average molecular weight is 369 g/mol. The van der Waals surface area contributed by atoms with E-state index in [2.05, 4.69) is 5.32 Å². The van der Waals surface area contributed by atoms with Gasteiger partial charge in [-0.05, 0) is 26.0 Å². The fourth-order valence-electron chi connectivity index (χ4n) is 3.97. The van der Waals surface area contributed by atoms with Crippen molar-refractivity contribution in [3.05, 3.63) is 36.4 Å². The van der Waals surface area contributed by atoms with E-state index in [0.717, 1.165) is 35.0 Å². The third-order valence-corrected chi connectivity index (χ3v) is 5.00. The molecule has 1 fully saturated rings. The van der Waals surface area contributed by atoms with Crippen molar-refractivity contribution in [3.8, 4) is 5.75 Å². The molecule has 0 unspecified atom stereocenters. The first-order valence-corrected chi connectivity index (χ1v) is 9.31. The molecular formula is C21H25N2O4+. The lowest BCUT2D eigenvalue weighted by Crippen LogP contribution is -3.16. The largest absolute Gasteiger partial charge is 0.495 e. The summed E-state index contributed by atoms with van der Waals surface area (Å²) in [7, 11) is 1.61. The molecule has 0 saturated carbocycles. The zero-order valence-corrected chi connectivity index (χ0v) is 15.9. The number of anilines is 1. The van der Waals surface area contributed by atoms with Crippen molar-refractivity contribution in [2.45, 2.75) is 26.1 Å². The van der Waals surface area contributed by atoms with E-state index in [0.29, 0.717) is 18.0 Å². The maximum absolute atomic E-state index is 12.6. The van der Waals surface area contributed by atoms with Crippen LogP contribution in [0.25, 0.3) is 21.9 Å². The Bertz CT molecular complexity index is 971. The zero-order valence-electron chi connectivity index (χ0n) is 15.9. The Balaban J connectivity index is 1.57. The second-order valence-electron chi connectivity index (χ2n) is 7.29. The SMILES string of the molecule is COc1cc2c(cc1NC(=O)C[NH+]1C[C@@H](C)O[C@H](C)C1)oc1ccccc12. The second-order valence-corrected chi connectivity index (χ2v) is 7.29. The standard InChI is InChI=1S/C21H24N2O4/c1-13-10-23(11-14(2)26-13)12-21(24)22-17-9-19-16(8-20(17)25-3)15-6-4-5-7-18(15)27-19/h4-9,13-14H,10-12H2,1-3H3,(H,22,24)/p+1/t13-,14-/m1/s1. The van der Waals surface area contributed by atoms with Crippen molar-refractivity contribution in [1.82, 2.24) is 0 Å². The molecule has 0 radical (unpaired) electrons. The van der Waals surface area contributed by atoms with Gasteiger partial charge < -0.3 is 24.1 Å². The Morgan fingerprint density at radius 3 is 2.63 bits per heavy atom. The van der Waals surface area contributed by atoms with E-state index in [-0.39, 0.29) is 18.1 Å². The Labute approximate surface area is 158 Å². The van der Waals surface area contributed by atoms with Gasteiger partial charge in [0.1, 0.15) is 42.2 Å². The van der Waals surface area contributed by atoms with E-state index < -0.39 is 0 Å². The van der Waals surface area contributed by atoms with Crippen molar-refractivity contribution >= 4 is 33.5 Å². The molecule has 27 heavy (non-hydrogen) atoms. The molecule has 0 aliphatic carbocycles. The number of para-hydroxylation sites is 1. The van der Waals surface area contributed by atoms with Gasteiger partial charge in [-0.25, -0.2) is 0 Å². The number of morpholine rings is 1. The number of nitrogens with one attached hydrogen (secondary N) is 2. The molecule has 4 rings (SSSR count). The van der Waals surface area contributed by atoms with E-state index in [1.165, 1.54) is 4.90 Å². The molecule has 3 aromatic rings. The number of furan rings is 1. The number of rotatable bonds is 4. The van der Waals surface area contributed by atoms with Crippen LogP contribution in [-0.4, -0.2) is 44.9 Å². The fourth-order valence-corrected chi connectivity index (χ4v) is 3.97. The number of hydrogen-bond donors (Lipinski definition) is 2. The molecule has 2 N–H and O–H groups in total. The van der Waals surface area contributed by atoms with Gasteiger partial charge in [0, 0.05) is 16.8 Å². The first-order chi connectivity index (χ1) is 13.0. The molecule has 1 aliphatic heterocycles. The summed E-state index contributed by atoms with van der Waals surface area (Å²) in [5.41, 5.74) is 2.18. The summed E-state index contributed by atoms with van der Waals surface area (Å²) in [6, 6.07) is 11.6.